The zero-order chi connectivity index (χ0) is 20.1. The van der Waals surface area contributed by atoms with Gasteiger partial charge in [0.2, 0.25) is 0 Å². The van der Waals surface area contributed by atoms with E-state index < -0.39 is 21.0 Å². The van der Waals surface area contributed by atoms with Gasteiger partial charge in [-0.3, -0.25) is 9.78 Å². The summed E-state index contributed by atoms with van der Waals surface area (Å²) in [5.74, 6) is -0.0741. The van der Waals surface area contributed by atoms with Gasteiger partial charge in [-0.25, -0.2) is 8.42 Å². The number of pyridine rings is 1. The van der Waals surface area contributed by atoms with Crippen LogP contribution in [0.2, 0.25) is 0 Å². The Labute approximate surface area is 169 Å². The Morgan fingerprint density at radius 1 is 1.07 bits per heavy atom. The second-order valence-electron chi connectivity index (χ2n) is 6.70. The summed E-state index contributed by atoms with van der Waals surface area (Å²) in [4.78, 5) is 17.3. The van der Waals surface area contributed by atoms with Gasteiger partial charge in [-0.1, -0.05) is 38.1 Å². The van der Waals surface area contributed by atoms with Crippen LogP contribution in [0, 0.1) is 0 Å². The molecule has 5 nitrogen and oxygen atoms in total. The summed E-state index contributed by atoms with van der Waals surface area (Å²) in [6.07, 6.45) is 1.53. The lowest BCUT2D eigenvalue weighted by atomic mass is 10.0. The van der Waals surface area contributed by atoms with Crippen LogP contribution in [-0.2, 0) is 9.84 Å². The number of rotatable bonds is 7. The minimum atomic E-state index is -3.67. The van der Waals surface area contributed by atoms with E-state index in [1.165, 1.54) is 17.5 Å². The van der Waals surface area contributed by atoms with Crippen molar-refractivity contribution in [1.82, 2.24) is 10.3 Å². The van der Waals surface area contributed by atoms with Crippen LogP contribution in [-0.4, -0.2) is 25.9 Å². The Morgan fingerprint density at radius 3 is 2.39 bits per heavy atom. The van der Waals surface area contributed by atoms with Crippen molar-refractivity contribution in [3.8, 4) is 0 Å². The molecule has 2 aromatic heterocycles. The molecule has 1 atom stereocenters. The molecule has 1 N–H and O–H groups in total. The zero-order valence-corrected chi connectivity index (χ0v) is 17.3. The minimum absolute atomic E-state index is 0.0236. The molecule has 3 aromatic rings. The van der Waals surface area contributed by atoms with E-state index in [1.54, 1.807) is 36.4 Å². The van der Waals surface area contributed by atoms with E-state index in [4.69, 9.17) is 0 Å². The van der Waals surface area contributed by atoms with E-state index in [2.05, 4.69) is 24.1 Å². The maximum atomic E-state index is 13.3. The monoisotopic (exact) mass is 414 g/mol. The first kappa shape index (κ1) is 20.2. The van der Waals surface area contributed by atoms with Crippen LogP contribution in [0.1, 0.15) is 45.9 Å². The van der Waals surface area contributed by atoms with Crippen LogP contribution in [0.15, 0.2) is 71.1 Å². The molecular weight excluding hydrogens is 392 g/mol. The predicted molar refractivity (Wildman–Crippen MR) is 111 cm³/mol. The maximum absolute atomic E-state index is 13.3. The van der Waals surface area contributed by atoms with Crippen LogP contribution in [0.5, 0.6) is 0 Å². The predicted octanol–water partition coefficient (Wildman–Crippen LogP) is 4.21. The summed E-state index contributed by atoms with van der Waals surface area (Å²) in [5, 5.41) is 3.70. The Balaban J connectivity index is 1.86. The average Bonchev–Trinajstić information content (AvgIpc) is 3.23. The normalized spacial score (nSPS) is 12.7. The van der Waals surface area contributed by atoms with E-state index in [1.807, 2.05) is 23.6 Å². The Hall–Kier alpha value is -2.51. The summed E-state index contributed by atoms with van der Waals surface area (Å²) < 4.78 is 26.6. The number of carbonyl (C=O) groups is 1. The third kappa shape index (κ3) is 4.48. The molecule has 1 aromatic carbocycles. The van der Waals surface area contributed by atoms with Crippen molar-refractivity contribution in [3.05, 3.63) is 82.3 Å². The Bertz CT molecular complexity index is 1010. The largest absolute Gasteiger partial charge is 0.349 e. The van der Waals surface area contributed by atoms with Crippen molar-refractivity contribution >= 4 is 27.1 Å². The highest BCUT2D eigenvalue weighted by Crippen LogP contribution is 2.32. The van der Waals surface area contributed by atoms with Crippen molar-refractivity contribution in [2.24, 2.45) is 0 Å². The average molecular weight is 415 g/mol. The third-order valence-electron chi connectivity index (χ3n) is 4.46. The molecule has 0 aliphatic rings. The molecule has 146 valence electrons. The number of nitrogens with one attached hydrogen (secondary N) is 1. The first-order valence-corrected chi connectivity index (χ1v) is 11.4. The molecule has 0 saturated heterocycles. The molecule has 7 heteroatoms. The number of hydrogen-bond donors (Lipinski definition) is 1. The fourth-order valence-corrected chi connectivity index (χ4v) is 5.60. The molecule has 2 heterocycles. The molecule has 0 aliphatic heterocycles. The Morgan fingerprint density at radius 2 is 1.82 bits per heavy atom. The molecule has 0 aliphatic carbocycles. The molecule has 0 unspecified atom stereocenters. The van der Waals surface area contributed by atoms with Crippen LogP contribution in [0.4, 0.5) is 0 Å². The van der Waals surface area contributed by atoms with Crippen LogP contribution >= 0.6 is 11.3 Å². The number of carbonyl (C=O) groups excluding carboxylic acids is 1. The van der Waals surface area contributed by atoms with Crippen molar-refractivity contribution in [1.29, 1.82) is 0 Å². The highest BCUT2D eigenvalue weighted by atomic mass is 32.2. The molecule has 1 amide bonds. The lowest BCUT2D eigenvalue weighted by molar-refractivity contribution is 0.0949. The number of thiophene rings is 1. The smallest absolute Gasteiger partial charge is 0.269 e. The van der Waals surface area contributed by atoms with E-state index in [-0.39, 0.29) is 17.1 Å². The summed E-state index contributed by atoms with van der Waals surface area (Å²) in [7, 11) is -3.67. The van der Waals surface area contributed by atoms with E-state index in [0.29, 0.717) is 10.8 Å². The van der Waals surface area contributed by atoms with Gasteiger partial charge in [0.05, 0.1) is 4.90 Å². The number of sulfone groups is 1. The molecular formula is C21H22N2O3S2. The van der Waals surface area contributed by atoms with Crippen LogP contribution in [0.25, 0.3) is 0 Å². The fraction of sp³-hybridized carbons (Fsp3) is 0.238. The van der Waals surface area contributed by atoms with Gasteiger partial charge in [0, 0.05) is 17.6 Å². The summed E-state index contributed by atoms with van der Waals surface area (Å²) in [5.41, 5.74) is 1.33. The highest BCUT2D eigenvalue weighted by molar-refractivity contribution is 7.91. The van der Waals surface area contributed by atoms with E-state index in [0.717, 1.165) is 5.56 Å². The first-order valence-electron chi connectivity index (χ1n) is 8.96. The van der Waals surface area contributed by atoms with Gasteiger partial charge in [-0.2, -0.15) is 0 Å². The van der Waals surface area contributed by atoms with Crippen molar-refractivity contribution in [2.45, 2.75) is 29.9 Å². The number of benzene rings is 1. The standard InChI is InChI=1S/C21H22N2O3S2/c1-15(2)16-8-10-17(11-9-16)28(25,26)20(19-7-5-13-27-19)14-23-21(24)18-6-3-4-12-22-18/h3-13,15,20H,14H2,1-2H3,(H,23,24)/t20-/m0/s1. The molecule has 0 saturated carbocycles. The zero-order valence-electron chi connectivity index (χ0n) is 15.7. The number of amides is 1. The van der Waals surface area contributed by atoms with Gasteiger partial charge in [-0.15, -0.1) is 11.3 Å². The highest BCUT2D eigenvalue weighted by Gasteiger charge is 2.30. The van der Waals surface area contributed by atoms with E-state index >= 15 is 0 Å². The van der Waals surface area contributed by atoms with Crippen molar-refractivity contribution in [2.75, 3.05) is 6.54 Å². The van der Waals surface area contributed by atoms with Crippen molar-refractivity contribution in [3.63, 3.8) is 0 Å². The van der Waals surface area contributed by atoms with Gasteiger partial charge in [0.25, 0.3) is 5.91 Å². The molecule has 0 fully saturated rings. The topological polar surface area (TPSA) is 76.1 Å². The third-order valence-corrected chi connectivity index (χ3v) is 7.69. The first-order chi connectivity index (χ1) is 13.4. The quantitative estimate of drug-likeness (QED) is 0.628. The maximum Gasteiger partial charge on any atom is 0.269 e. The number of nitrogens with zero attached hydrogens (tertiary/aromatic N) is 1. The minimum Gasteiger partial charge on any atom is -0.349 e. The lowest BCUT2D eigenvalue weighted by Gasteiger charge is -2.18. The fourth-order valence-electron chi connectivity index (χ4n) is 2.82. The SMILES string of the molecule is CC(C)c1ccc(S(=O)(=O)[C@@H](CNC(=O)c2ccccn2)c2cccs2)cc1. The molecule has 28 heavy (non-hydrogen) atoms. The van der Waals surface area contributed by atoms with Crippen molar-refractivity contribution < 1.29 is 13.2 Å². The Kier molecular flexibility index (Phi) is 6.26. The molecule has 0 spiro atoms. The van der Waals surface area contributed by atoms with Crippen LogP contribution < -0.4 is 5.32 Å². The number of aromatic nitrogens is 1. The van der Waals surface area contributed by atoms with Gasteiger partial charge in [0.1, 0.15) is 10.9 Å². The molecule has 3 rings (SSSR count). The second-order valence-corrected chi connectivity index (χ2v) is 9.81. The second kappa shape index (κ2) is 8.67. The summed E-state index contributed by atoms with van der Waals surface area (Å²) >= 11 is 1.36. The lowest BCUT2D eigenvalue weighted by Crippen LogP contribution is -2.32. The molecule has 0 bridgehead atoms. The number of hydrogen-bond acceptors (Lipinski definition) is 5. The van der Waals surface area contributed by atoms with Gasteiger partial charge < -0.3 is 5.32 Å². The summed E-state index contributed by atoms with van der Waals surface area (Å²) in [6.45, 7) is 4.10. The van der Waals surface area contributed by atoms with Crippen LogP contribution in [0.3, 0.4) is 0 Å². The van der Waals surface area contributed by atoms with E-state index in [9.17, 15) is 13.2 Å². The molecule has 0 radical (unpaired) electrons. The van der Waals surface area contributed by atoms with Gasteiger partial charge in [-0.05, 0) is 47.2 Å². The van der Waals surface area contributed by atoms with Gasteiger partial charge in [0.15, 0.2) is 9.84 Å². The van der Waals surface area contributed by atoms with Gasteiger partial charge >= 0.3 is 0 Å². The summed E-state index contributed by atoms with van der Waals surface area (Å²) in [6, 6.07) is 15.6.